The minimum atomic E-state index is -0.573. The van der Waals surface area contributed by atoms with Gasteiger partial charge in [-0.15, -0.1) is 0 Å². The Kier molecular flexibility index (Phi) is 3.85. The van der Waals surface area contributed by atoms with E-state index in [9.17, 15) is 5.11 Å². The lowest BCUT2D eigenvalue weighted by Crippen LogP contribution is -2.51. The van der Waals surface area contributed by atoms with Crippen LogP contribution in [-0.2, 0) is 9.47 Å². The van der Waals surface area contributed by atoms with Crippen molar-refractivity contribution in [2.45, 2.75) is 44.5 Å². The summed E-state index contributed by atoms with van der Waals surface area (Å²) in [7, 11) is 0. The average molecular weight is 230 g/mol. The summed E-state index contributed by atoms with van der Waals surface area (Å²) >= 11 is 0. The van der Waals surface area contributed by atoms with Crippen molar-refractivity contribution in [1.82, 2.24) is 0 Å². The molecular weight excluding hydrogens is 208 g/mol. The molecule has 0 radical (unpaired) electrons. The molecule has 0 saturated carbocycles. The SMILES string of the molecule is CCC1CCC2(CC(O)[C@H](CO)CO2)OC1. The van der Waals surface area contributed by atoms with Crippen LogP contribution in [0.1, 0.15) is 32.6 Å². The molecule has 2 N–H and O–H groups in total. The quantitative estimate of drug-likeness (QED) is 0.740. The highest BCUT2D eigenvalue weighted by atomic mass is 16.7. The molecule has 1 spiro atoms. The van der Waals surface area contributed by atoms with Gasteiger partial charge in [-0.05, 0) is 12.3 Å². The van der Waals surface area contributed by atoms with E-state index in [1.807, 2.05) is 0 Å². The topological polar surface area (TPSA) is 58.9 Å². The second-order valence-electron chi connectivity index (χ2n) is 5.06. The number of rotatable bonds is 2. The van der Waals surface area contributed by atoms with Gasteiger partial charge in [0.05, 0.1) is 25.9 Å². The number of hydrogen-bond acceptors (Lipinski definition) is 4. The first-order valence-electron chi connectivity index (χ1n) is 6.26. The van der Waals surface area contributed by atoms with Gasteiger partial charge in [-0.3, -0.25) is 0 Å². The Bertz CT molecular complexity index is 218. The van der Waals surface area contributed by atoms with Crippen molar-refractivity contribution < 1.29 is 19.7 Å². The summed E-state index contributed by atoms with van der Waals surface area (Å²) in [6, 6.07) is 0. The van der Waals surface area contributed by atoms with Gasteiger partial charge in [-0.25, -0.2) is 0 Å². The van der Waals surface area contributed by atoms with E-state index in [0.717, 1.165) is 25.9 Å². The van der Waals surface area contributed by atoms with Crippen LogP contribution < -0.4 is 0 Å². The predicted molar refractivity (Wildman–Crippen MR) is 58.8 cm³/mol. The summed E-state index contributed by atoms with van der Waals surface area (Å²) in [5.74, 6) is -0.100. The number of aliphatic hydroxyl groups is 2. The van der Waals surface area contributed by atoms with Gasteiger partial charge in [-0.2, -0.15) is 0 Å². The zero-order valence-corrected chi connectivity index (χ0v) is 9.89. The third kappa shape index (κ3) is 2.40. The van der Waals surface area contributed by atoms with Crippen molar-refractivity contribution in [1.29, 1.82) is 0 Å². The monoisotopic (exact) mass is 230 g/mol. The molecule has 4 nitrogen and oxygen atoms in total. The molecule has 16 heavy (non-hydrogen) atoms. The largest absolute Gasteiger partial charge is 0.396 e. The first-order valence-corrected chi connectivity index (χ1v) is 6.26. The number of hydrogen-bond donors (Lipinski definition) is 2. The summed E-state index contributed by atoms with van der Waals surface area (Å²) < 4.78 is 11.5. The zero-order valence-electron chi connectivity index (χ0n) is 9.89. The van der Waals surface area contributed by atoms with Crippen LogP contribution in [0.5, 0.6) is 0 Å². The Morgan fingerprint density at radius 1 is 1.31 bits per heavy atom. The maximum absolute atomic E-state index is 9.89. The van der Waals surface area contributed by atoms with E-state index in [-0.39, 0.29) is 12.5 Å². The molecule has 3 unspecified atom stereocenters. The average Bonchev–Trinajstić information content (AvgIpc) is 2.30. The molecular formula is C12H22O4. The molecule has 4 atom stereocenters. The van der Waals surface area contributed by atoms with E-state index < -0.39 is 11.9 Å². The smallest absolute Gasteiger partial charge is 0.170 e. The standard InChI is InChI=1S/C12H22O4/c1-2-9-3-4-12(15-7-9)5-11(14)10(6-13)8-16-12/h9-11,13-14H,2-8H2,1H3/t9?,10-,11?,12?/m1/s1. The second-order valence-corrected chi connectivity index (χ2v) is 5.06. The predicted octanol–water partition coefficient (Wildman–Crippen LogP) is 0.909. The first-order chi connectivity index (χ1) is 7.69. The Hall–Kier alpha value is -0.160. The fourth-order valence-electron chi connectivity index (χ4n) is 2.53. The van der Waals surface area contributed by atoms with Crippen molar-refractivity contribution in [3.63, 3.8) is 0 Å². The van der Waals surface area contributed by atoms with E-state index >= 15 is 0 Å². The third-order valence-electron chi connectivity index (χ3n) is 3.95. The van der Waals surface area contributed by atoms with Gasteiger partial charge in [0, 0.05) is 18.8 Å². The molecule has 2 aliphatic rings. The van der Waals surface area contributed by atoms with Crippen LogP contribution in [0.25, 0.3) is 0 Å². The van der Waals surface area contributed by atoms with E-state index in [2.05, 4.69) is 6.92 Å². The van der Waals surface area contributed by atoms with Crippen LogP contribution in [0, 0.1) is 11.8 Å². The molecule has 2 rings (SSSR count). The lowest BCUT2D eigenvalue weighted by atomic mass is 9.86. The zero-order chi connectivity index (χ0) is 11.6. The van der Waals surface area contributed by atoms with Crippen LogP contribution in [0.2, 0.25) is 0 Å². The van der Waals surface area contributed by atoms with Crippen molar-refractivity contribution in [2.75, 3.05) is 19.8 Å². The Morgan fingerprint density at radius 2 is 2.06 bits per heavy atom. The molecule has 0 aliphatic carbocycles. The molecule has 0 bridgehead atoms. The van der Waals surface area contributed by atoms with Gasteiger partial charge in [0.15, 0.2) is 5.79 Å². The van der Waals surface area contributed by atoms with E-state index in [0.29, 0.717) is 18.9 Å². The van der Waals surface area contributed by atoms with Crippen LogP contribution in [-0.4, -0.2) is 41.9 Å². The Morgan fingerprint density at radius 3 is 2.56 bits per heavy atom. The van der Waals surface area contributed by atoms with E-state index in [1.165, 1.54) is 0 Å². The maximum atomic E-state index is 9.89. The van der Waals surface area contributed by atoms with Crippen LogP contribution in [0.4, 0.5) is 0 Å². The highest BCUT2D eigenvalue weighted by molar-refractivity contribution is 4.87. The van der Waals surface area contributed by atoms with Gasteiger partial charge in [0.25, 0.3) is 0 Å². The summed E-state index contributed by atoms with van der Waals surface area (Å²) in [4.78, 5) is 0. The molecule has 2 saturated heterocycles. The molecule has 0 aromatic carbocycles. The molecule has 2 aliphatic heterocycles. The van der Waals surface area contributed by atoms with Crippen molar-refractivity contribution in [3.05, 3.63) is 0 Å². The molecule has 0 aromatic heterocycles. The fraction of sp³-hybridized carbons (Fsp3) is 1.00. The Labute approximate surface area is 96.6 Å². The minimum absolute atomic E-state index is 0.0190. The molecule has 94 valence electrons. The normalized spacial score (nSPS) is 44.8. The minimum Gasteiger partial charge on any atom is -0.396 e. The van der Waals surface area contributed by atoms with Gasteiger partial charge in [0.2, 0.25) is 0 Å². The lowest BCUT2D eigenvalue weighted by Gasteiger charge is -2.45. The van der Waals surface area contributed by atoms with Gasteiger partial charge < -0.3 is 19.7 Å². The van der Waals surface area contributed by atoms with Gasteiger partial charge in [0.1, 0.15) is 0 Å². The van der Waals surface area contributed by atoms with Crippen molar-refractivity contribution in [2.24, 2.45) is 11.8 Å². The first kappa shape index (κ1) is 12.3. The van der Waals surface area contributed by atoms with Crippen LogP contribution >= 0.6 is 0 Å². The van der Waals surface area contributed by atoms with Gasteiger partial charge >= 0.3 is 0 Å². The number of aliphatic hydroxyl groups excluding tert-OH is 2. The van der Waals surface area contributed by atoms with E-state index in [1.54, 1.807) is 0 Å². The fourth-order valence-corrected chi connectivity index (χ4v) is 2.53. The van der Waals surface area contributed by atoms with Crippen LogP contribution in [0.15, 0.2) is 0 Å². The lowest BCUT2D eigenvalue weighted by molar-refractivity contribution is -0.307. The Balaban J connectivity index is 1.91. The molecule has 0 aromatic rings. The number of ether oxygens (including phenoxy) is 2. The summed E-state index contributed by atoms with van der Waals surface area (Å²) in [5.41, 5.74) is 0. The highest BCUT2D eigenvalue weighted by Crippen LogP contribution is 2.38. The second kappa shape index (κ2) is 5.00. The highest BCUT2D eigenvalue weighted by Gasteiger charge is 2.44. The van der Waals surface area contributed by atoms with Crippen molar-refractivity contribution in [3.8, 4) is 0 Å². The van der Waals surface area contributed by atoms with Crippen LogP contribution in [0.3, 0.4) is 0 Å². The summed E-state index contributed by atoms with van der Waals surface area (Å²) in [6.45, 7) is 3.28. The molecule has 4 heteroatoms. The van der Waals surface area contributed by atoms with Gasteiger partial charge in [-0.1, -0.05) is 13.3 Å². The summed E-state index contributed by atoms with van der Waals surface area (Å²) in [6.07, 6.45) is 3.09. The third-order valence-corrected chi connectivity index (χ3v) is 3.95. The molecule has 2 fully saturated rings. The van der Waals surface area contributed by atoms with Crippen molar-refractivity contribution >= 4 is 0 Å². The van der Waals surface area contributed by atoms with E-state index in [4.69, 9.17) is 14.6 Å². The maximum Gasteiger partial charge on any atom is 0.170 e. The summed E-state index contributed by atoms with van der Waals surface area (Å²) in [5, 5.41) is 18.9. The molecule has 0 amide bonds. The molecule has 2 heterocycles.